The van der Waals surface area contributed by atoms with E-state index in [0.29, 0.717) is 5.17 Å². The highest BCUT2D eigenvalue weighted by Gasteiger charge is 2.36. The lowest BCUT2D eigenvalue weighted by Crippen LogP contribution is -2.35. The van der Waals surface area contributed by atoms with Crippen LogP contribution in [0, 0.1) is 18.3 Å². The van der Waals surface area contributed by atoms with Crippen LogP contribution in [0.25, 0.3) is 6.08 Å². The van der Waals surface area contributed by atoms with Crippen LogP contribution in [0.1, 0.15) is 25.0 Å². The van der Waals surface area contributed by atoms with Crippen LogP contribution in [0.2, 0.25) is 0 Å². The standard InChI is InChI=1S/C16H16N4OS/c1-9(2)15-19-20-13(17)12(14(21)18-16(20)22-15)8-11-7-5-4-6-10(11)3/h4-9,17H,1-3H3/b12-8+,17-13?. The number of amides is 1. The van der Waals surface area contributed by atoms with Gasteiger partial charge in [-0.2, -0.15) is 15.1 Å². The average Bonchev–Trinajstić information content (AvgIpc) is 2.89. The molecular weight excluding hydrogens is 296 g/mol. The lowest BCUT2D eigenvalue weighted by Gasteiger charge is -2.20. The molecule has 112 valence electrons. The molecule has 6 heteroatoms. The molecule has 0 saturated heterocycles. The van der Waals surface area contributed by atoms with Gasteiger partial charge in [0.15, 0.2) is 5.84 Å². The van der Waals surface area contributed by atoms with E-state index in [1.807, 2.05) is 45.0 Å². The van der Waals surface area contributed by atoms with Gasteiger partial charge in [-0.3, -0.25) is 10.2 Å². The molecule has 1 aromatic rings. The van der Waals surface area contributed by atoms with Crippen LogP contribution in [0.3, 0.4) is 0 Å². The number of hydrogen-bond acceptors (Lipinski definition) is 4. The molecule has 0 radical (unpaired) electrons. The molecule has 1 amide bonds. The zero-order chi connectivity index (χ0) is 15.9. The number of nitrogens with one attached hydrogen (secondary N) is 1. The minimum absolute atomic E-state index is 0.0846. The van der Waals surface area contributed by atoms with Crippen molar-refractivity contribution in [2.24, 2.45) is 16.0 Å². The van der Waals surface area contributed by atoms with Gasteiger partial charge in [-0.1, -0.05) is 38.1 Å². The molecule has 2 aliphatic rings. The van der Waals surface area contributed by atoms with Crippen LogP contribution < -0.4 is 0 Å². The summed E-state index contributed by atoms with van der Waals surface area (Å²) in [6, 6.07) is 7.74. The van der Waals surface area contributed by atoms with E-state index in [1.54, 1.807) is 6.08 Å². The summed E-state index contributed by atoms with van der Waals surface area (Å²) in [6.07, 6.45) is 1.72. The molecule has 2 heterocycles. The first-order valence-electron chi connectivity index (χ1n) is 7.03. The summed E-state index contributed by atoms with van der Waals surface area (Å²) in [4.78, 5) is 16.3. The van der Waals surface area contributed by atoms with E-state index >= 15 is 0 Å². The third-order valence-electron chi connectivity index (χ3n) is 3.45. The van der Waals surface area contributed by atoms with Crippen LogP contribution >= 0.6 is 11.8 Å². The molecule has 0 saturated carbocycles. The molecule has 0 atom stereocenters. The Kier molecular flexibility index (Phi) is 3.70. The molecule has 3 rings (SSSR count). The maximum absolute atomic E-state index is 12.3. The van der Waals surface area contributed by atoms with Crippen LogP contribution in [-0.4, -0.2) is 27.0 Å². The molecule has 0 spiro atoms. The molecule has 0 unspecified atom stereocenters. The van der Waals surface area contributed by atoms with E-state index in [-0.39, 0.29) is 23.2 Å². The van der Waals surface area contributed by atoms with Crippen molar-refractivity contribution in [1.82, 2.24) is 5.01 Å². The number of rotatable bonds is 2. The smallest absolute Gasteiger partial charge is 0.282 e. The molecule has 2 aliphatic heterocycles. The summed E-state index contributed by atoms with van der Waals surface area (Å²) in [5, 5.41) is 15.5. The maximum Gasteiger partial charge on any atom is 0.283 e. The Morgan fingerprint density at radius 1 is 1.32 bits per heavy atom. The third kappa shape index (κ3) is 2.50. The van der Waals surface area contributed by atoms with Crippen LogP contribution in [0.4, 0.5) is 0 Å². The van der Waals surface area contributed by atoms with Gasteiger partial charge in [-0.05, 0) is 35.9 Å². The summed E-state index contributed by atoms with van der Waals surface area (Å²) in [7, 11) is 0. The summed E-state index contributed by atoms with van der Waals surface area (Å²) < 4.78 is 0. The van der Waals surface area contributed by atoms with Crippen molar-refractivity contribution in [3.63, 3.8) is 0 Å². The molecule has 22 heavy (non-hydrogen) atoms. The van der Waals surface area contributed by atoms with Gasteiger partial charge in [0.05, 0.1) is 5.57 Å². The highest BCUT2D eigenvalue weighted by molar-refractivity contribution is 8.27. The number of nitrogens with zero attached hydrogens (tertiary/aromatic N) is 3. The molecule has 0 aliphatic carbocycles. The second-order valence-corrected chi connectivity index (χ2v) is 6.46. The molecule has 0 fully saturated rings. The van der Waals surface area contributed by atoms with Gasteiger partial charge in [-0.15, -0.1) is 0 Å². The number of aliphatic imine (C=N–C) groups is 1. The summed E-state index contributed by atoms with van der Waals surface area (Å²) in [6.45, 7) is 6.03. The Balaban J connectivity index is 2.01. The van der Waals surface area contributed by atoms with E-state index in [0.717, 1.165) is 16.2 Å². The van der Waals surface area contributed by atoms with Gasteiger partial charge < -0.3 is 0 Å². The minimum atomic E-state index is -0.382. The van der Waals surface area contributed by atoms with E-state index in [4.69, 9.17) is 5.41 Å². The van der Waals surface area contributed by atoms with Gasteiger partial charge in [-0.25, -0.2) is 0 Å². The van der Waals surface area contributed by atoms with E-state index in [2.05, 4.69) is 10.1 Å². The monoisotopic (exact) mass is 312 g/mol. The molecular formula is C16H16N4OS. The highest BCUT2D eigenvalue weighted by Crippen LogP contribution is 2.30. The lowest BCUT2D eigenvalue weighted by molar-refractivity contribution is -0.114. The van der Waals surface area contributed by atoms with Gasteiger partial charge in [0.25, 0.3) is 5.91 Å². The fourth-order valence-corrected chi connectivity index (χ4v) is 3.04. The average molecular weight is 312 g/mol. The van der Waals surface area contributed by atoms with Crippen molar-refractivity contribution >= 4 is 39.8 Å². The predicted molar refractivity (Wildman–Crippen MR) is 91.0 cm³/mol. The van der Waals surface area contributed by atoms with Crippen LogP contribution in [0.5, 0.6) is 0 Å². The minimum Gasteiger partial charge on any atom is -0.282 e. The third-order valence-corrected chi connectivity index (χ3v) is 4.66. The second-order valence-electron chi connectivity index (χ2n) is 5.47. The van der Waals surface area contributed by atoms with Crippen molar-refractivity contribution in [1.29, 1.82) is 5.41 Å². The van der Waals surface area contributed by atoms with Crippen molar-refractivity contribution in [2.75, 3.05) is 0 Å². The number of amidine groups is 2. The number of aryl methyl sites for hydroxylation is 1. The number of benzene rings is 1. The zero-order valence-electron chi connectivity index (χ0n) is 12.6. The first kappa shape index (κ1) is 14.7. The zero-order valence-corrected chi connectivity index (χ0v) is 13.4. The number of hydrogen-bond donors (Lipinski definition) is 1. The number of hydrazone groups is 1. The SMILES string of the molecule is Cc1ccccc1/C=C1\C(=N)N2N=C(C(C)C)SC2=NC1=O. The number of fused-ring (bicyclic) bond motifs is 1. The summed E-state index contributed by atoms with van der Waals surface area (Å²) in [5.74, 6) is -0.0568. The number of thioether (sulfide) groups is 1. The molecule has 0 bridgehead atoms. The second kappa shape index (κ2) is 5.53. The Bertz CT molecular complexity index is 761. The van der Waals surface area contributed by atoms with Crippen LogP contribution in [-0.2, 0) is 4.79 Å². The molecule has 1 aromatic carbocycles. The van der Waals surface area contributed by atoms with Crippen molar-refractivity contribution in [3.05, 3.63) is 41.0 Å². The number of carbonyl (C=O) groups excluding carboxylic acids is 1. The van der Waals surface area contributed by atoms with E-state index in [9.17, 15) is 4.79 Å². The Hall–Kier alpha value is -2.21. The Morgan fingerprint density at radius 3 is 2.73 bits per heavy atom. The summed E-state index contributed by atoms with van der Waals surface area (Å²) >= 11 is 1.36. The molecule has 1 N–H and O–H groups in total. The fraction of sp³-hybridized carbons (Fsp3) is 0.250. The quantitative estimate of drug-likeness (QED) is 0.852. The van der Waals surface area contributed by atoms with Crippen molar-refractivity contribution in [2.45, 2.75) is 20.8 Å². The lowest BCUT2D eigenvalue weighted by atomic mass is 10.0. The largest absolute Gasteiger partial charge is 0.283 e. The van der Waals surface area contributed by atoms with E-state index < -0.39 is 0 Å². The molecule has 0 aromatic heterocycles. The summed E-state index contributed by atoms with van der Waals surface area (Å²) in [5.41, 5.74) is 2.23. The maximum atomic E-state index is 12.3. The van der Waals surface area contributed by atoms with E-state index in [1.165, 1.54) is 16.8 Å². The van der Waals surface area contributed by atoms with Gasteiger partial charge in [0, 0.05) is 5.92 Å². The highest BCUT2D eigenvalue weighted by atomic mass is 32.2. The van der Waals surface area contributed by atoms with Crippen molar-refractivity contribution < 1.29 is 4.79 Å². The number of carbonyl (C=O) groups is 1. The topological polar surface area (TPSA) is 68.9 Å². The van der Waals surface area contributed by atoms with Crippen LogP contribution in [0.15, 0.2) is 39.9 Å². The Labute approximate surface area is 133 Å². The first-order valence-corrected chi connectivity index (χ1v) is 7.84. The first-order chi connectivity index (χ1) is 10.5. The normalized spacial score (nSPS) is 19.6. The van der Waals surface area contributed by atoms with Crippen molar-refractivity contribution in [3.8, 4) is 0 Å². The van der Waals surface area contributed by atoms with Gasteiger partial charge in [0.1, 0.15) is 5.04 Å². The molecule has 5 nitrogen and oxygen atoms in total. The fourth-order valence-electron chi connectivity index (χ4n) is 2.14. The van der Waals surface area contributed by atoms with Gasteiger partial charge >= 0.3 is 0 Å². The predicted octanol–water partition coefficient (Wildman–Crippen LogP) is 3.27. The Morgan fingerprint density at radius 2 is 2.05 bits per heavy atom. The van der Waals surface area contributed by atoms with Gasteiger partial charge in [0.2, 0.25) is 5.17 Å².